The molecule has 1 aromatic heterocycles. The van der Waals surface area contributed by atoms with Gasteiger partial charge < -0.3 is 10.2 Å². The molecule has 0 aliphatic carbocycles. The summed E-state index contributed by atoms with van der Waals surface area (Å²) in [7, 11) is 2.18. The lowest BCUT2D eigenvalue weighted by Gasteiger charge is -2.40. The zero-order chi connectivity index (χ0) is 20.1. The van der Waals surface area contributed by atoms with E-state index in [0.717, 1.165) is 43.5 Å². The third-order valence-electron chi connectivity index (χ3n) is 5.62. The summed E-state index contributed by atoms with van der Waals surface area (Å²) in [5, 5.41) is 4.08. The predicted molar refractivity (Wildman–Crippen MR) is 117 cm³/mol. The number of aromatic nitrogens is 1. The molecule has 1 aliphatic heterocycles. The van der Waals surface area contributed by atoms with Gasteiger partial charge in [0.1, 0.15) is 5.69 Å². The monoisotopic (exact) mass is 388 g/mol. The van der Waals surface area contributed by atoms with E-state index in [4.69, 9.17) is 0 Å². The molecule has 1 fully saturated rings. The molecule has 29 heavy (non-hydrogen) atoms. The maximum absolute atomic E-state index is 12.5. The van der Waals surface area contributed by atoms with E-state index in [-0.39, 0.29) is 5.91 Å². The highest BCUT2D eigenvalue weighted by atomic mass is 16.1. The Morgan fingerprint density at radius 1 is 1.03 bits per heavy atom. The van der Waals surface area contributed by atoms with E-state index in [2.05, 4.69) is 57.5 Å². The van der Waals surface area contributed by atoms with Gasteiger partial charge in [0.15, 0.2) is 0 Å². The molecular weight excluding hydrogens is 360 g/mol. The largest absolute Gasteiger partial charge is 0.351 e. The average Bonchev–Trinajstić information content (AvgIpc) is 2.77. The number of carbonyl (C=O) groups excluding carboxylic acids is 1. The number of fused-ring (bicyclic) bond motifs is 1. The van der Waals surface area contributed by atoms with Crippen LogP contribution in [0.3, 0.4) is 0 Å². The fourth-order valence-corrected chi connectivity index (χ4v) is 3.98. The Bertz CT molecular complexity index is 959. The van der Waals surface area contributed by atoms with Crippen LogP contribution >= 0.6 is 0 Å². The molecule has 0 radical (unpaired) electrons. The van der Waals surface area contributed by atoms with Crippen LogP contribution in [0, 0.1) is 0 Å². The van der Waals surface area contributed by atoms with E-state index in [1.807, 2.05) is 30.3 Å². The summed E-state index contributed by atoms with van der Waals surface area (Å²) in [5.74, 6) is -0.103. The normalized spacial score (nSPS) is 18.0. The fraction of sp³-hybridized carbons (Fsp3) is 0.333. The van der Waals surface area contributed by atoms with Gasteiger partial charge in [-0.05, 0) is 31.2 Å². The molecule has 1 atom stereocenters. The molecule has 1 aliphatic rings. The Morgan fingerprint density at radius 2 is 1.83 bits per heavy atom. The van der Waals surface area contributed by atoms with Crippen molar-refractivity contribution in [3.63, 3.8) is 0 Å². The quantitative estimate of drug-likeness (QED) is 0.658. The predicted octanol–water partition coefficient (Wildman–Crippen LogP) is 3.34. The Labute approximate surface area is 172 Å². The minimum Gasteiger partial charge on any atom is -0.351 e. The fourth-order valence-electron chi connectivity index (χ4n) is 3.98. The van der Waals surface area contributed by atoms with Crippen LogP contribution in [0.15, 0.2) is 66.7 Å². The van der Waals surface area contributed by atoms with Crippen LogP contribution in [0.25, 0.3) is 10.9 Å². The molecule has 1 unspecified atom stereocenters. The third kappa shape index (κ3) is 4.81. The number of piperazine rings is 1. The SMILES string of the molecule is CN1CCN(CCCNC(=O)c2ccc3ccccc3n2)C(c2ccccc2)C1. The van der Waals surface area contributed by atoms with E-state index in [1.54, 1.807) is 6.07 Å². The van der Waals surface area contributed by atoms with Gasteiger partial charge in [-0.2, -0.15) is 0 Å². The summed E-state index contributed by atoms with van der Waals surface area (Å²) >= 11 is 0. The number of nitrogens with zero attached hydrogens (tertiary/aromatic N) is 3. The molecule has 5 nitrogen and oxygen atoms in total. The highest BCUT2D eigenvalue weighted by molar-refractivity contribution is 5.94. The average molecular weight is 389 g/mol. The molecule has 4 rings (SSSR count). The van der Waals surface area contributed by atoms with Gasteiger partial charge in [0.2, 0.25) is 0 Å². The lowest BCUT2D eigenvalue weighted by molar-refractivity contribution is 0.0864. The summed E-state index contributed by atoms with van der Waals surface area (Å²) in [5.41, 5.74) is 2.69. The number of amides is 1. The highest BCUT2D eigenvalue weighted by Gasteiger charge is 2.25. The molecule has 0 spiro atoms. The molecule has 1 saturated heterocycles. The van der Waals surface area contributed by atoms with E-state index in [0.29, 0.717) is 18.3 Å². The van der Waals surface area contributed by atoms with Crippen molar-refractivity contribution in [2.45, 2.75) is 12.5 Å². The zero-order valence-electron chi connectivity index (χ0n) is 16.9. The van der Waals surface area contributed by atoms with E-state index < -0.39 is 0 Å². The minimum absolute atomic E-state index is 0.103. The van der Waals surface area contributed by atoms with Gasteiger partial charge in [-0.1, -0.05) is 54.6 Å². The Morgan fingerprint density at radius 3 is 2.69 bits per heavy atom. The topological polar surface area (TPSA) is 48.5 Å². The Kier molecular flexibility index (Phi) is 6.17. The maximum Gasteiger partial charge on any atom is 0.269 e. The van der Waals surface area contributed by atoms with Crippen molar-refractivity contribution in [1.82, 2.24) is 20.1 Å². The molecular formula is C24H28N4O. The van der Waals surface area contributed by atoms with Crippen LogP contribution in [0.2, 0.25) is 0 Å². The van der Waals surface area contributed by atoms with Crippen molar-refractivity contribution in [3.8, 4) is 0 Å². The lowest BCUT2D eigenvalue weighted by Crippen LogP contribution is -2.47. The van der Waals surface area contributed by atoms with Crippen LogP contribution in [-0.4, -0.2) is 60.5 Å². The maximum atomic E-state index is 12.5. The van der Waals surface area contributed by atoms with Crippen molar-refractivity contribution in [1.29, 1.82) is 0 Å². The standard InChI is InChI=1S/C24H28N4O/c1-27-16-17-28(23(18-27)20-9-3-2-4-10-20)15-7-14-25-24(29)22-13-12-19-8-5-6-11-21(19)26-22/h2-6,8-13,23H,7,14-18H2,1H3,(H,25,29). The number of hydrogen-bond donors (Lipinski definition) is 1. The van der Waals surface area contributed by atoms with Gasteiger partial charge in [-0.25, -0.2) is 4.98 Å². The first-order chi connectivity index (χ1) is 14.2. The van der Waals surface area contributed by atoms with Gasteiger partial charge in [0.05, 0.1) is 5.52 Å². The van der Waals surface area contributed by atoms with Crippen molar-refractivity contribution in [3.05, 3.63) is 78.0 Å². The summed E-state index contributed by atoms with van der Waals surface area (Å²) in [4.78, 5) is 21.9. The lowest BCUT2D eigenvalue weighted by atomic mass is 10.0. The van der Waals surface area contributed by atoms with Gasteiger partial charge in [0, 0.05) is 44.2 Å². The molecule has 3 aromatic rings. The highest BCUT2D eigenvalue weighted by Crippen LogP contribution is 2.24. The van der Waals surface area contributed by atoms with Crippen molar-refractivity contribution >= 4 is 16.8 Å². The van der Waals surface area contributed by atoms with Crippen LogP contribution in [0.4, 0.5) is 0 Å². The van der Waals surface area contributed by atoms with Gasteiger partial charge in [-0.3, -0.25) is 9.69 Å². The van der Waals surface area contributed by atoms with Gasteiger partial charge >= 0.3 is 0 Å². The second-order valence-corrected chi connectivity index (χ2v) is 7.72. The second kappa shape index (κ2) is 9.16. The molecule has 1 amide bonds. The summed E-state index contributed by atoms with van der Waals surface area (Å²) in [6.45, 7) is 4.80. The van der Waals surface area contributed by atoms with Gasteiger partial charge in [0.25, 0.3) is 5.91 Å². The van der Waals surface area contributed by atoms with Crippen molar-refractivity contribution in [2.75, 3.05) is 39.8 Å². The summed E-state index contributed by atoms with van der Waals surface area (Å²) in [6.07, 6.45) is 0.923. The van der Waals surface area contributed by atoms with Crippen LogP contribution in [-0.2, 0) is 0 Å². The smallest absolute Gasteiger partial charge is 0.269 e. The van der Waals surface area contributed by atoms with E-state index in [9.17, 15) is 4.79 Å². The number of pyridine rings is 1. The number of nitrogens with one attached hydrogen (secondary N) is 1. The number of benzene rings is 2. The van der Waals surface area contributed by atoms with Crippen LogP contribution in [0.1, 0.15) is 28.5 Å². The first-order valence-electron chi connectivity index (χ1n) is 10.3. The summed E-state index contributed by atoms with van der Waals surface area (Å²) in [6, 6.07) is 22.7. The van der Waals surface area contributed by atoms with Gasteiger partial charge in [-0.15, -0.1) is 0 Å². The Hall–Kier alpha value is -2.76. The number of para-hydroxylation sites is 1. The molecule has 150 valence electrons. The molecule has 0 saturated carbocycles. The van der Waals surface area contributed by atoms with Crippen LogP contribution in [0.5, 0.6) is 0 Å². The number of likely N-dealkylation sites (N-methyl/N-ethyl adjacent to an activating group) is 1. The van der Waals surface area contributed by atoms with Crippen molar-refractivity contribution < 1.29 is 4.79 Å². The van der Waals surface area contributed by atoms with Crippen molar-refractivity contribution in [2.24, 2.45) is 0 Å². The first kappa shape index (κ1) is 19.6. The molecule has 5 heteroatoms. The summed E-state index contributed by atoms with van der Waals surface area (Å²) < 4.78 is 0. The number of hydrogen-bond acceptors (Lipinski definition) is 4. The minimum atomic E-state index is -0.103. The Balaban J connectivity index is 1.31. The molecule has 2 heterocycles. The molecule has 2 aromatic carbocycles. The number of rotatable bonds is 6. The second-order valence-electron chi connectivity index (χ2n) is 7.72. The zero-order valence-corrected chi connectivity index (χ0v) is 16.9. The number of carbonyl (C=O) groups is 1. The first-order valence-corrected chi connectivity index (χ1v) is 10.3. The van der Waals surface area contributed by atoms with Crippen LogP contribution < -0.4 is 5.32 Å². The molecule has 0 bridgehead atoms. The van der Waals surface area contributed by atoms with E-state index >= 15 is 0 Å². The van der Waals surface area contributed by atoms with E-state index in [1.165, 1.54) is 5.56 Å². The molecule has 1 N–H and O–H groups in total. The third-order valence-corrected chi connectivity index (χ3v) is 5.62.